The molecule has 0 amide bonds. The molecule has 2 bridgehead atoms. The summed E-state index contributed by atoms with van der Waals surface area (Å²) >= 11 is 0. The van der Waals surface area contributed by atoms with Gasteiger partial charge in [0.05, 0.1) is 5.25 Å². The van der Waals surface area contributed by atoms with E-state index < -0.39 is 20.8 Å². The number of pyridine rings is 1. The Balaban J connectivity index is 0.000000188. The molecule has 1 N–H and O–H groups in total. The van der Waals surface area contributed by atoms with Crippen LogP contribution in [0.4, 0.5) is 0 Å². The van der Waals surface area contributed by atoms with Gasteiger partial charge in [0.15, 0.2) is 0 Å². The van der Waals surface area contributed by atoms with E-state index in [1.54, 1.807) is 0 Å². The third-order valence-corrected chi connectivity index (χ3v) is 6.92. The topological polar surface area (TPSA) is 67.3 Å². The first-order valence-corrected chi connectivity index (χ1v) is 9.05. The molecular formula is C17H25NO3S. The summed E-state index contributed by atoms with van der Waals surface area (Å²) in [5, 5.41) is -0.625. The first kappa shape index (κ1) is 17.2. The van der Waals surface area contributed by atoms with Crippen molar-refractivity contribution in [2.75, 3.05) is 0 Å². The molecular weight excluding hydrogens is 298 g/mol. The lowest BCUT2D eigenvalue weighted by Gasteiger charge is -2.36. The van der Waals surface area contributed by atoms with Crippen LogP contribution in [-0.4, -0.2) is 23.2 Å². The van der Waals surface area contributed by atoms with Gasteiger partial charge in [-0.25, -0.2) is 0 Å². The number of hydrogen-bond donors (Lipinski definition) is 1. The van der Waals surface area contributed by atoms with Gasteiger partial charge in [0.2, 0.25) is 0 Å². The Morgan fingerprint density at radius 1 is 1.18 bits per heavy atom. The number of fused-ring (bicyclic) bond motifs is 2. The number of allylic oxidation sites excluding steroid dienone is 2. The van der Waals surface area contributed by atoms with E-state index in [1.807, 2.05) is 45.0 Å². The van der Waals surface area contributed by atoms with Crippen molar-refractivity contribution < 1.29 is 13.0 Å². The smallest absolute Gasteiger partial charge is 0.268 e. The third-order valence-electron chi connectivity index (χ3n) is 5.51. The summed E-state index contributed by atoms with van der Waals surface area (Å²) in [6, 6.07) is 6.00. The van der Waals surface area contributed by atoms with Crippen LogP contribution in [0.2, 0.25) is 0 Å². The fourth-order valence-corrected chi connectivity index (χ4v) is 5.10. The summed E-state index contributed by atoms with van der Waals surface area (Å²) in [4.78, 5) is 4.17. The zero-order chi connectivity index (χ0) is 16.8. The Kier molecular flexibility index (Phi) is 4.26. The van der Waals surface area contributed by atoms with Gasteiger partial charge in [-0.1, -0.05) is 39.0 Å². The Morgan fingerprint density at radius 3 is 1.95 bits per heavy atom. The molecule has 5 heteroatoms. The van der Waals surface area contributed by atoms with Crippen molar-refractivity contribution in [2.45, 2.75) is 46.3 Å². The number of hydrogen-bond acceptors (Lipinski definition) is 3. The van der Waals surface area contributed by atoms with Crippen molar-refractivity contribution >= 4 is 10.1 Å². The van der Waals surface area contributed by atoms with Crippen molar-refractivity contribution in [2.24, 2.45) is 16.7 Å². The van der Waals surface area contributed by atoms with Crippen molar-refractivity contribution in [3.05, 3.63) is 41.7 Å². The highest BCUT2D eigenvalue weighted by atomic mass is 32.2. The SMILES string of the molecule is CC1(C)C2C=CC1(C)C(S(=O)(=O)O)C2.Cc1cccc(C)n1. The van der Waals surface area contributed by atoms with Crippen molar-refractivity contribution in [3.63, 3.8) is 0 Å². The van der Waals surface area contributed by atoms with E-state index in [9.17, 15) is 13.0 Å². The Labute approximate surface area is 133 Å². The first-order chi connectivity index (χ1) is 9.98. The van der Waals surface area contributed by atoms with Crippen LogP contribution in [0.5, 0.6) is 0 Å². The number of aromatic nitrogens is 1. The summed E-state index contributed by atoms with van der Waals surface area (Å²) in [6.45, 7) is 10.1. The van der Waals surface area contributed by atoms with Gasteiger partial charge in [-0.05, 0) is 43.7 Å². The molecule has 3 atom stereocenters. The lowest BCUT2D eigenvalue weighted by atomic mass is 9.70. The van der Waals surface area contributed by atoms with E-state index in [2.05, 4.69) is 24.9 Å². The van der Waals surface area contributed by atoms with E-state index in [4.69, 9.17) is 0 Å². The van der Waals surface area contributed by atoms with Crippen LogP contribution in [0, 0.1) is 30.6 Å². The van der Waals surface area contributed by atoms with Crippen LogP contribution < -0.4 is 0 Å². The van der Waals surface area contributed by atoms with Crippen LogP contribution in [0.15, 0.2) is 30.4 Å². The van der Waals surface area contributed by atoms with E-state index in [-0.39, 0.29) is 11.3 Å². The monoisotopic (exact) mass is 323 g/mol. The molecule has 2 aliphatic rings. The molecule has 0 aromatic carbocycles. The predicted molar refractivity (Wildman–Crippen MR) is 88.2 cm³/mol. The second-order valence-corrected chi connectivity index (χ2v) is 8.73. The van der Waals surface area contributed by atoms with Crippen LogP contribution in [0.25, 0.3) is 0 Å². The summed E-state index contributed by atoms with van der Waals surface area (Å²) < 4.78 is 31.7. The fraction of sp³-hybridized carbons (Fsp3) is 0.588. The molecule has 0 radical (unpaired) electrons. The highest BCUT2D eigenvalue weighted by Gasteiger charge is 2.62. The van der Waals surface area contributed by atoms with Gasteiger partial charge < -0.3 is 0 Å². The third kappa shape index (κ3) is 2.84. The van der Waals surface area contributed by atoms with Gasteiger partial charge in [-0.3, -0.25) is 9.54 Å². The molecule has 0 spiro atoms. The molecule has 0 saturated heterocycles. The molecule has 1 heterocycles. The minimum absolute atomic E-state index is 0.0620. The maximum absolute atomic E-state index is 11.2. The van der Waals surface area contributed by atoms with Crippen molar-refractivity contribution in [3.8, 4) is 0 Å². The average Bonchev–Trinajstić information content (AvgIpc) is 2.70. The largest absolute Gasteiger partial charge is 0.285 e. The number of nitrogens with zero attached hydrogens (tertiary/aromatic N) is 1. The quantitative estimate of drug-likeness (QED) is 0.634. The van der Waals surface area contributed by atoms with Gasteiger partial charge in [-0.15, -0.1) is 0 Å². The lowest BCUT2D eigenvalue weighted by Crippen LogP contribution is -2.39. The van der Waals surface area contributed by atoms with Crippen LogP contribution in [0.3, 0.4) is 0 Å². The molecule has 122 valence electrons. The van der Waals surface area contributed by atoms with Gasteiger partial charge in [0, 0.05) is 16.8 Å². The zero-order valence-electron chi connectivity index (χ0n) is 13.9. The Hall–Kier alpha value is -1.20. The van der Waals surface area contributed by atoms with Gasteiger partial charge >= 0.3 is 0 Å². The standard InChI is InChI=1S/C10H16O3S.C7H9N/c1-9(2)7-4-5-10(9,3)8(6-7)14(11,12)13;1-6-4-3-5-7(2)8-6/h4-5,7-8H,6H2,1-3H3,(H,11,12,13);3-5H,1-2H3. The summed E-state index contributed by atoms with van der Waals surface area (Å²) in [5.74, 6) is 0.277. The fourth-order valence-electron chi connectivity index (χ4n) is 3.65. The number of aryl methyl sites for hydroxylation is 2. The molecule has 3 unspecified atom stereocenters. The van der Waals surface area contributed by atoms with Gasteiger partial charge in [-0.2, -0.15) is 8.42 Å². The molecule has 1 aromatic rings. The van der Waals surface area contributed by atoms with Crippen molar-refractivity contribution in [1.29, 1.82) is 0 Å². The second kappa shape index (κ2) is 5.46. The molecule has 4 nitrogen and oxygen atoms in total. The molecule has 1 saturated carbocycles. The lowest BCUT2D eigenvalue weighted by molar-refractivity contribution is 0.181. The normalized spacial score (nSPS) is 31.7. The summed E-state index contributed by atoms with van der Waals surface area (Å²) in [7, 11) is -3.91. The average molecular weight is 323 g/mol. The Bertz CT molecular complexity index is 676. The van der Waals surface area contributed by atoms with Crippen LogP contribution in [-0.2, 0) is 10.1 Å². The van der Waals surface area contributed by atoms with Crippen LogP contribution in [0.1, 0.15) is 38.6 Å². The summed E-state index contributed by atoms with van der Waals surface area (Å²) in [6.07, 6.45) is 4.60. The van der Waals surface area contributed by atoms with E-state index >= 15 is 0 Å². The van der Waals surface area contributed by atoms with Gasteiger partial charge in [0.1, 0.15) is 0 Å². The van der Waals surface area contributed by atoms with E-state index in [0.29, 0.717) is 6.42 Å². The predicted octanol–water partition coefficient (Wildman–Crippen LogP) is 3.56. The van der Waals surface area contributed by atoms with E-state index in [0.717, 1.165) is 11.4 Å². The van der Waals surface area contributed by atoms with Gasteiger partial charge in [0.25, 0.3) is 10.1 Å². The minimum atomic E-state index is -3.91. The van der Waals surface area contributed by atoms with Crippen molar-refractivity contribution in [1.82, 2.24) is 4.98 Å². The maximum Gasteiger partial charge on any atom is 0.268 e. The first-order valence-electron chi connectivity index (χ1n) is 7.54. The molecule has 3 rings (SSSR count). The summed E-state index contributed by atoms with van der Waals surface area (Å²) in [5.41, 5.74) is 1.70. The molecule has 1 fully saturated rings. The number of rotatable bonds is 1. The second-order valence-electron chi connectivity index (χ2n) is 7.13. The van der Waals surface area contributed by atoms with Crippen LogP contribution >= 0.6 is 0 Å². The highest BCUT2D eigenvalue weighted by molar-refractivity contribution is 7.86. The molecule has 0 aliphatic heterocycles. The maximum atomic E-state index is 11.2. The zero-order valence-corrected chi connectivity index (χ0v) is 14.7. The Morgan fingerprint density at radius 2 is 1.73 bits per heavy atom. The highest BCUT2D eigenvalue weighted by Crippen LogP contribution is 2.63. The molecule has 2 aliphatic carbocycles. The molecule has 22 heavy (non-hydrogen) atoms. The van der Waals surface area contributed by atoms with E-state index in [1.165, 1.54) is 0 Å². The minimum Gasteiger partial charge on any atom is -0.285 e. The molecule has 1 aromatic heterocycles.